The zero-order chi connectivity index (χ0) is 13.5. The van der Waals surface area contributed by atoms with Gasteiger partial charge in [0.05, 0.1) is 12.2 Å². The number of carboxylic acid groups (broad SMARTS) is 1. The van der Waals surface area contributed by atoms with Crippen molar-refractivity contribution in [2.75, 3.05) is 0 Å². The van der Waals surface area contributed by atoms with Gasteiger partial charge in [-0.25, -0.2) is 14.6 Å². The number of imide groups is 1. The van der Waals surface area contributed by atoms with E-state index in [1.807, 2.05) is 0 Å². The van der Waals surface area contributed by atoms with E-state index in [9.17, 15) is 14.4 Å². The summed E-state index contributed by atoms with van der Waals surface area (Å²) in [7, 11) is 0. The molecule has 1 saturated heterocycles. The van der Waals surface area contributed by atoms with Crippen LogP contribution >= 0.6 is 11.3 Å². The number of amides is 3. The first-order valence-corrected chi connectivity index (χ1v) is 6.01. The molecule has 0 saturated carbocycles. The van der Waals surface area contributed by atoms with Gasteiger partial charge < -0.3 is 10.4 Å². The van der Waals surface area contributed by atoms with E-state index in [4.69, 9.17) is 5.11 Å². The van der Waals surface area contributed by atoms with Crippen molar-refractivity contribution in [1.29, 1.82) is 0 Å². The number of nitrogens with one attached hydrogen (secondary N) is 1. The second-order valence-electron chi connectivity index (χ2n) is 4.40. The largest absolute Gasteiger partial charge is 0.476 e. The number of thiazole rings is 1. The third-order valence-electron chi connectivity index (χ3n) is 2.50. The summed E-state index contributed by atoms with van der Waals surface area (Å²) in [6.07, 6.45) is 0. The van der Waals surface area contributed by atoms with E-state index >= 15 is 0 Å². The monoisotopic (exact) mass is 269 g/mol. The van der Waals surface area contributed by atoms with Gasteiger partial charge in [0, 0.05) is 5.38 Å². The van der Waals surface area contributed by atoms with E-state index in [0.29, 0.717) is 5.69 Å². The number of aromatic nitrogens is 1. The normalized spacial score (nSPS) is 18.0. The van der Waals surface area contributed by atoms with Gasteiger partial charge in [0.2, 0.25) is 5.01 Å². The molecule has 1 aliphatic rings. The van der Waals surface area contributed by atoms with Crippen molar-refractivity contribution in [1.82, 2.24) is 15.2 Å². The lowest BCUT2D eigenvalue weighted by molar-refractivity contribution is -0.130. The number of hydrogen-bond donors (Lipinski definition) is 2. The van der Waals surface area contributed by atoms with Crippen molar-refractivity contribution in [2.45, 2.75) is 25.9 Å². The van der Waals surface area contributed by atoms with E-state index in [2.05, 4.69) is 10.3 Å². The minimum absolute atomic E-state index is 0.0160. The molecule has 3 amide bonds. The summed E-state index contributed by atoms with van der Waals surface area (Å²) in [5, 5.41) is 12.7. The van der Waals surface area contributed by atoms with Crippen LogP contribution in [0.2, 0.25) is 0 Å². The van der Waals surface area contributed by atoms with Crippen molar-refractivity contribution >= 4 is 29.2 Å². The second kappa shape index (κ2) is 4.05. The summed E-state index contributed by atoms with van der Waals surface area (Å²) in [6.45, 7) is 3.20. The Labute approximate surface area is 106 Å². The first kappa shape index (κ1) is 12.5. The van der Waals surface area contributed by atoms with Gasteiger partial charge in [-0.2, -0.15) is 0 Å². The Balaban J connectivity index is 2.16. The molecule has 0 aliphatic carbocycles. The van der Waals surface area contributed by atoms with Gasteiger partial charge in [-0.3, -0.25) is 9.69 Å². The quantitative estimate of drug-likeness (QED) is 0.786. The molecular weight excluding hydrogens is 258 g/mol. The van der Waals surface area contributed by atoms with E-state index in [1.165, 1.54) is 5.38 Å². The molecule has 2 rings (SSSR count). The molecule has 18 heavy (non-hydrogen) atoms. The van der Waals surface area contributed by atoms with Crippen molar-refractivity contribution in [3.63, 3.8) is 0 Å². The molecule has 8 heteroatoms. The summed E-state index contributed by atoms with van der Waals surface area (Å²) < 4.78 is 0. The average Bonchev–Trinajstić information content (AvgIpc) is 2.78. The molecule has 0 radical (unpaired) electrons. The van der Waals surface area contributed by atoms with Crippen LogP contribution in [0.3, 0.4) is 0 Å². The maximum absolute atomic E-state index is 11.9. The second-order valence-corrected chi connectivity index (χ2v) is 5.25. The number of nitrogens with zero attached hydrogens (tertiary/aromatic N) is 2. The number of aromatic carboxylic acids is 1. The minimum Gasteiger partial charge on any atom is -0.476 e. The molecule has 0 unspecified atom stereocenters. The number of urea groups is 1. The predicted octanol–water partition coefficient (Wildman–Crippen LogP) is 0.672. The molecule has 2 heterocycles. The third-order valence-corrected chi connectivity index (χ3v) is 3.38. The molecule has 1 fully saturated rings. The molecule has 0 spiro atoms. The van der Waals surface area contributed by atoms with Crippen LogP contribution in [0, 0.1) is 0 Å². The highest BCUT2D eigenvalue weighted by molar-refractivity contribution is 7.11. The van der Waals surface area contributed by atoms with Gasteiger partial charge in [-0.1, -0.05) is 0 Å². The van der Waals surface area contributed by atoms with Crippen LogP contribution in [0.1, 0.15) is 29.3 Å². The van der Waals surface area contributed by atoms with Gasteiger partial charge in [-0.15, -0.1) is 11.3 Å². The number of rotatable bonds is 3. The zero-order valence-electron chi connectivity index (χ0n) is 9.76. The summed E-state index contributed by atoms with van der Waals surface area (Å²) in [6, 6.07) is -0.491. The fraction of sp³-hybridized carbons (Fsp3) is 0.400. The molecule has 1 aromatic heterocycles. The van der Waals surface area contributed by atoms with Gasteiger partial charge in [0.15, 0.2) is 0 Å². The molecule has 0 aromatic carbocycles. The standard InChI is InChI=1S/C10H11N3O4S/c1-10(2)8(16)13(9(17)12-10)3-5-4-18-6(11-5)7(14)15/h4H,3H2,1-2H3,(H,12,17)(H,14,15). The molecule has 0 bridgehead atoms. The first-order chi connectivity index (χ1) is 8.31. The van der Waals surface area contributed by atoms with Crippen LogP contribution in [-0.4, -0.2) is 38.4 Å². The lowest BCUT2D eigenvalue weighted by Gasteiger charge is -2.14. The van der Waals surface area contributed by atoms with Crippen LogP contribution in [0.5, 0.6) is 0 Å². The van der Waals surface area contributed by atoms with Crippen molar-refractivity contribution in [3.8, 4) is 0 Å². The smallest absolute Gasteiger partial charge is 0.365 e. The highest BCUT2D eigenvalue weighted by Gasteiger charge is 2.44. The predicted molar refractivity (Wildman–Crippen MR) is 62.2 cm³/mol. The molecule has 96 valence electrons. The summed E-state index contributed by atoms with van der Waals surface area (Å²) in [4.78, 5) is 39.0. The van der Waals surface area contributed by atoms with Crippen LogP contribution in [0.4, 0.5) is 4.79 Å². The van der Waals surface area contributed by atoms with E-state index in [1.54, 1.807) is 13.8 Å². The highest BCUT2D eigenvalue weighted by atomic mass is 32.1. The lowest BCUT2D eigenvalue weighted by atomic mass is 10.1. The number of hydrogen-bond acceptors (Lipinski definition) is 5. The van der Waals surface area contributed by atoms with Crippen molar-refractivity contribution in [3.05, 3.63) is 16.1 Å². The Kier molecular flexibility index (Phi) is 2.81. The van der Waals surface area contributed by atoms with Crippen LogP contribution in [-0.2, 0) is 11.3 Å². The minimum atomic E-state index is -1.12. The van der Waals surface area contributed by atoms with Crippen molar-refractivity contribution < 1.29 is 19.5 Å². The van der Waals surface area contributed by atoms with Gasteiger partial charge in [0.25, 0.3) is 5.91 Å². The topological polar surface area (TPSA) is 99.6 Å². The fourth-order valence-corrected chi connectivity index (χ4v) is 2.25. The Morgan fingerprint density at radius 2 is 2.22 bits per heavy atom. The third kappa shape index (κ3) is 2.06. The molecule has 7 nitrogen and oxygen atoms in total. The van der Waals surface area contributed by atoms with Crippen LogP contribution < -0.4 is 5.32 Å². The van der Waals surface area contributed by atoms with Gasteiger partial charge >= 0.3 is 12.0 Å². The van der Waals surface area contributed by atoms with Gasteiger partial charge in [-0.05, 0) is 13.8 Å². The molecule has 2 N–H and O–H groups in total. The average molecular weight is 269 g/mol. The zero-order valence-corrected chi connectivity index (χ0v) is 10.6. The summed E-state index contributed by atoms with van der Waals surface area (Å²) in [5.41, 5.74) is -0.540. The van der Waals surface area contributed by atoms with Gasteiger partial charge in [0.1, 0.15) is 5.54 Å². The Bertz CT molecular complexity index is 537. The van der Waals surface area contributed by atoms with E-state index in [-0.39, 0.29) is 17.5 Å². The lowest BCUT2D eigenvalue weighted by Crippen LogP contribution is -2.40. The Morgan fingerprint density at radius 3 is 2.67 bits per heavy atom. The van der Waals surface area contributed by atoms with Crippen molar-refractivity contribution in [2.24, 2.45) is 0 Å². The summed E-state index contributed by atoms with van der Waals surface area (Å²) >= 11 is 0.963. The molecule has 1 aromatic rings. The van der Waals surface area contributed by atoms with E-state index < -0.39 is 17.5 Å². The molecule has 1 aliphatic heterocycles. The maximum Gasteiger partial charge on any atom is 0.365 e. The number of carbonyl (C=O) groups excluding carboxylic acids is 2. The summed E-state index contributed by atoms with van der Waals surface area (Å²) in [5.74, 6) is -1.47. The Morgan fingerprint density at radius 1 is 1.56 bits per heavy atom. The molecular formula is C10H11N3O4S. The van der Waals surface area contributed by atoms with Crippen LogP contribution in [0.15, 0.2) is 5.38 Å². The fourth-order valence-electron chi connectivity index (χ4n) is 1.60. The number of carboxylic acids is 1. The highest BCUT2D eigenvalue weighted by Crippen LogP contribution is 2.20. The number of carbonyl (C=O) groups is 3. The SMILES string of the molecule is CC1(C)NC(=O)N(Cc2csc(C(=O)O)n2)C1=O. The molecule has 0 atom stereocenters. The maximum atomic E-state index is 11.9. The van der Waals surface area contributed by atoms with Crippen LogP contribution in [0.25, 0.3) is 0 Å². The first-order valence-electron chi connectivity index (χ1n) is 5.13. The Hall–Kier alpha value is -1.96. The van der Waals surface area contributed by atoms with E-state index in [0.717, 1.165) is 16.2 Å².